The fraction of sp³-hybridized carbons (Fsp3) is 0.333. The van der Waals surface area contributed by atoms with Gasteiger partial charge in [-0.15, -0.1) is 0 Å². The summed E-state index contributed by atoms with van der Waals surface area (Å²) in [5, 5.41) is 3.40. The molecule has 19 heavy (non-hydrogen) atoms. The molecule has 2 rings (SSSR count). The van der Waals surface area contributed by atoms with E-state index in [0.29, 0.717) is 12.6 Å². The van der Waals surface area contributed by atoms with E-state index in [1.807, 2.05) is 23.9 Å². The molecule has 0 saturated heterocycles. The van der Waals surface area contributed by atoms with Crippen LogP contribution < -0.4 is 5.32 Å². The van der Waals surface area contributed by atoms with Gasteiger partial charge in [-0.2, -0.15) is 11.8 Å². The molecule has 0 fully saturated rings. The summed E-state index contributed by atoms with van der Waals surface area (Å²) in [7, 11) is 0. The summed E-state index contributed by atoms with van der Waals surface area (Å²) in [6.07, 6.45) is 2.09. The minimum Gasteiger partial charge on any atom is -0.460 e. The predicted octanol–water partition coefficient (Wildman–Crippen LogP) is 3.93. The third-order valence-corrected chi connectivity index (χ3v) is 3.67. The molecular formula is C15H18FNOS. The number of furan rings is 1. The molecule has 102 valence electrons. The van der Waals surface area contributed by atoms with Gasteiger partial charge in [-0.05, 0) is 49.6 Å². The summed E-state index contributed by atoms with van der Waals surface area (Å²) in [5.74, 6) is 2.51. The smallest absolute Gasteiger partial charge is 0.134 e. The normalized spacial score (nSPS) is 12.6. The topological polar surface area (TPSA) is 25.2 Å². The highest BCUT2D eigenvalue weighted by Crippen LogP contribution is 2.22. The van der Waals surface area contributed by atoms with E-state index in [-0.39, 0.29) is 5.82 Å². The molecule has 4 heteroatoms. The highest BCUT2D eigenvalue weighted by atomic mass is 32.2. The molecular weight excluding hydrogens is 261 g/mol. The molecule has 2 nitrogen and oxygen atoms in total. The van der Waals surface area contributed by atoms with Crippen molar-refractivity contribution in [3.05, 3.63) is 48.0 Å². The molecule has 0 bridgehead atoms. The first-order chi connectivity index (χ1) is 9.19. The fourth-order valence-corrected chi connectivity index (χ4v) is 2.44. The molecule has 0 radical (unpaired) electrons. The lowest BCUT2D eigenvalue weighted by Crippen LogP contribution is -2.27. The molecule has 0 spiro atoms. The van der Waals surface area contributed by atoms with Crippen LogP contribution in [0.5, 0.6) is 0 Å². The first-order valence-electron chi connectivity index (χ1n) is 6.26. The Morgan fingerprint density at radius 1 is 1.21 bits per heavy atom. The molecule has 1 unspecified atom stereocenters. The van der Waals surface area contributed by atoms with E-state index in [0.717, 1.165) is 22.8 Å². The van der Waals surface area contributed by atoms with Gasteiger partial charge < -0.3 is 9.73 Å². The minimum atomic E-state index is -0.233. The summed E-state index contributed by atoms with van der Waals surface area (Å²) in [4.78, 5) is 0. The van der Waals surface area contributed by atoms with Crippen molar-refractivity contribution in [1.82, 2.24) is 5.32 Å². The van der Waals surface area contributed by atoms with Gasteiger partial charge in [-0.3, -0.25) is 0 Å². The Balaban J connectivity index is 1.97. The van der Waals surface area contributed by atoms with Gasteiger partial charge in [0.2, 0.25) is 0 Å². The van der Waals surface area contributed by atoms with Crippen molar-refractivity contribution < 1.29 is 8.81 Å². The summed E-state index contributed by atoms with van der Waals surface area (Å²) < 4.78 is 18.6. The Labute approximate surface area is 117 Å². The van der Waals surface area contributed by atoms with E-state index in [1.165, 1.54) is 12.1 Å². The van der Waals surface area contributed by atoms with Crippen molar-refractivity contribution >= 4 is 11.8 Å². The lowest BCUT2D eigenvalue weighted by atomic mass is 10.2. The van der Waals surface area contributed by atoms with E-state index in [1.54, 1.807) is 12.1 Å². The predicted molar refractivity (Wildman–Crippen MR) is 78.8 cm³/mol. The van der Waals surface area contributed by atoms with Crippen LogP contribution in [-0.2, 0) is 6.54 Å². The molecule has 1 atom stereocenters. The van der Waals surface area contributed by atoms with Crippen molar-refractivity contribution in [3.63, 3.8) is 0 Å². The number of rotatable bonds is 6. The molecule has 1 aromatic carbocycles. The second-order valence-corrected chi connectivity index (χ2v) is 5.42. The van der Waals surface area contributed by atoms with Crippen molar-refractivity contribution in [2.24, 2.45) is 0 Å². The van der Waals surface area contributed by atoms with Crippen LogP contribution in [0.3, 0.4) is 0 Å². The van der Waals surface area contributed by atoms with Crippen molar-refractivity contribution in [1.29, 1.82) is 0 Å². The Hall–Kier alpha value is -1.26. The van der Waals surface area contributed by atoms with E-state index in [2.05, 4.69) is 18.5 Å². The lowest BCUT2D eigenvalue weighted by Gasteiger charge is -2.10. The third-order valence-electron chi connectivity index (χ3n) is 2.83. The van der Waals surface area contributed by atoms with E-state index in [4.69, 9.17) is 4.42 Å². The first kappa shape index (κ1) is 14.2. The van der Waals surface area contributed by atoms with Gasteiger partial charge in [-0.25, -0.2) is 4.39 Å². The average molecular weight is 279 g/mol. The van der Waals surface area contributed by atoms with Crippen molar-refractivity contribution in [2.75, 3.05) is 12.0 Å². The van der Waals surface area contributed by atoms with Gasteiger partial charge in [0.1, 0.15) is 17.3 Å². The molecule has 1 N–H and O–H groups in total. The van der Waals surface area contributed by atoms with Crippen LogP contribution in [0, 0.1) is 5.82 Å². The maximum Gasteiger partial charge on any atom is 0.134 e. The van der Waals surface area contributed by atoms with E-state index in [9.17, 15) is 4.39 Å². The van der Waals surface area contributed by atoms with Gasteiger partial charge in [0.25, 0.3) is 0 Å². The fourth-order valence-electron chi connectivity index (χ4n) is 1.83. The van der Waals surface area contributed by atoms with Gasteiger partial charge in [0, 0.05) is 17.4 Å². The maximum absolute atomic E-state index is 12.8. The molecule has 0 amide bonds. The number of hydrogen-bond donors (Lipinski definition) is 1. The Morgan fingerprint density at radius 3 is 2.63 bits per heavy atom. The van der Waals surface area contributed by atoms with Crippen molar-refractivity contribution in [2.45, 2.75) is 19.5 Å². The molecule has 1 heterocycles. The molecule has 1 aromatic heterocycles. The Morgan fingerprint density at radius 2 is 1.95 bits per heavy atom. The lowest BCUT2D eigenvalue weighted by molar-refractivity contribution is 0.475. The number of halogens is 1. The molecule has 0 aliphatic rings. The first-order valence-corrected chi connectivity index (χ1v) is 7.65. The van der Waals surface area contributed by atoms with Gasteiger partial charge in [0.15, 0.2) is 0 Å². The van der Waals surface area contributed by atoms with Crippen molar-refractivity contribution in [3.8, 4) is 11.3 Å². The highest BCUT2D eigenvalue weighted by molar-refractivity contribution is 7.98. The van der Waals surface area contributed by atoms with E-state index < -0.39 is 0 Å². The van der Waals surface area contributed by atoms with Gasteiger partial charge in [-0.1, -0.05) is 0 Å². The monoisotopic (exact) mass is 279 g/mol. The van der Waals surface area contributed by atoms with Crippen LogP contribution in [0.25, 0.3) is 11.3 Å². The average Bonchev–Trinajstić information content (AvgIpc) is 2.86. The zero-order valence-corrected chi connectivity index (χ0v) is 12.0. The summed E-state index contributed by atoms with van der Waals surface area (Å²) in [5.41, 5.74) is 0.893. The van der Waals surface area contributed by atoms with Crippen LogP contribution in [0.4, 0.5) is 4.39 Å². The quantitative estimate of drug-likeness (QED) is 0.867. The second-order valence-electron chi connectivity index (χ2n) is 4.51. The molecule has 0 aliphatic heterocycles. The highest BCUT2D eigenvalue weighted by Gasteiger charge is 2.06. The van der Waals surface area contributed by atoms with Crippen LogP contribution in [0.2, 0.25) is 0 Å². The zero-order chi connectivity index (χ0) is 13.7. The number of nitrogens with one attached hydrogen (secondary N) is 1. The van der Waals surface area contributed by atoms with Crippen LogP contribution >= 0.6 is 11.8 Å². The zero-order valence-electron chi connectivity index (χ0n) is 11.2. The SMILES string of the molecule is CSCC(C)NCc1ccc(-c2ccc(F)cc2)o1. The standard InChI is InChI=1S/C15H18FNOS/c1-11(10-19-2)17-9-14-7-8-15(18-14)12-3-5-13(16)6-4-12/h3-8,11,17H,9-10H2,1-2H3. The Kier molecular flexibility index (Phi) is 5.05. The summed E-state index contributed by atoms with van der Waals surface area (Å²) >= 11 is 1.82. The van der Waals surface area contributed by atoms with Gasteiger partial charge >= 0.3 is 0 Å². The van der Waals surface area contributed by atoms with Gasteiger partial charge in [0.05, 0.1) is 6.54 Å². The van der Waals surface area contributed by atoms with Crippen LogP contribution in [-0.4, -0.2) is 18.1 Å². The minimum absolute atomic E-state index is 0.233. The molecule has 0 aliphatic carbocycles. The second kappa shape index (κ2) is 6.78. The summed E-state index contributed by atoms with van der Waals surface area (Å²) in [6, 6.07) is 10.7. The number of hydrogen-bond acceptors (Lipinski definition) is 3. The summed E-state index contributed by atoms with van der Waals surface area (Å²) in [6.45, 7) is 2.86. The number of thioether (sulfide) groups is 1. The Bertz CT molecular complexity index is 509. The molecule has 2 aromatic rings. The largest absolute Gasteiger partial charge is 0.460 e. The molecule has 0 saturated carbocycles. The number of benzene rings is 1. The van der Waals surface area contributed by atoms with E-state index >= 15 is 0 Å². The third kappa shape index (κ3) is 4.11. The van der Waals surface area contributed by atoms with Crippen LogP contribution in [0.15, 0.2) is 40.8 Å². The van der Waals surface area contributed by atoms with Crippen LogP contribution in [0.1, 0.15) is 12.7 Å². The maximum atomic E-state index is 12.8.